The van der Waals surface area contributed by atoms with Gasteiger partial charge < -0.3 is 0 Å². The molecule has 0 aromatic carbocycles. The highest BCUT2D eigenvalue weighted by Crippen LogP contribution is 2.21. The fourth-order valence-corrected chi connectivity index (χ4v) is 1.94. The smallest absolute Gasteiger partial charge is 0.0995 e. The first-order valence-corrected chi connectivity index (χ1v) is 4.98. The van der Waals surface area contributed by atoms with Crippen molar-refractivity contribution >= 4 is 11.3 Å². The molecule has 13 heavy (non-hydrogen) atoms. The maximum Gasteiger partial charge on any atom is 0.0995 e. The third-order valence-corrected chi connectivity index (χ3v) is 2.66. The molecule has 0 radical (unpaired) electrons. The Labute approximate surface area is 81.1 Å². The predicted molar refractivity (Wildman–Crippen MR) is 53.8 cm³/mol. The first-order valence-electron chi connectivity index (χ1n) is 4.10. The van der Waals surface area contributed by atoms with E-state index < -0.39 is 0 Å². The van der Waals surface area contributed by atoms with Crippen molar-refractivity contribution in [3.05, 3.63) is 22.1 Å². The minimum atomic E-state index is 1.02. The number of hydrogen-bond acceptors (Lipinski definition) is 3. The predicted octanol–water partition coefficient (Wildman–Crippen LogP) is 2.16. The van der Waals surface area contributed by atoms with Crippen molar-refractivity contribution in [1.29, 1.82) is 0 Å². The molecule has 0 N–H and O–H groups in total. The highest BCUT2D eigenvalue weighted by molar-refractivity contribution is 7.09. The summed E-state index contributed by atoms with van der Waals surface area (Å²) in [6, 6.07) is 2.05. The molecule has 0 aliphatic heterocycles. The monoisotopic (exact) mass is 193 g/mol. The summed E-state index contributed by atoms with van der Waals surface area (Å²) in [7, 11) is 1.94. The molecule has 2 aromatic rings. The second-order valence-corrected chi connectivity index (χ2v) is 4.11. The highest BCUT2D eigenvalue weighted by Gasteiger charge is 2.07. The summed E-state index contributed by atoms with van der Waals surface area (Å²) in [6.07, 6.45) is 0. The number of aryl methyl sites for hydroxylation is 3. The Morgan fingerprint density at radius 2 is 2.15 bits per heavy atom. The van der Waals surface area contributed by atoms with Crippen molar-refractivity contribution in [2.45, 2.75) is 13.8 Å². The summed E-state index contributed by atoms with van der Waals surface area (Å²) in [5.74, 6) is 0. The van der Waals surface area contributed by atoms with E-state index in [1.165, 1.54) is 0 Å². The zero-order valence-corrected chi connectivity index (χ0v) is 8.72. The number of thiazole rings is 1. The molecule has 0 spiro atoms. The minimum absolute atomic E-state index is 1.02. The first-order chi connectivity index (χ1) is 6.16. The van der Waals surface area contributed by atoms with Crippen LogP contribution in [-0.2, 0) is 7.05 Å². The zero-order valence-electron chi connectivity index (χ0n) is 7.90. The molecular formula is C9H11N3S. The fraction of sp³-hybridized carbons (Fsp3) is 0.333. The van der Waals surface area contributed by atoms with E-state index in [-0.39, 0.29) is 0 Å². The van der Waals surface area contributed by atoms with Gasteiger partial charge in [0.05, 0.1) is 22.1 Å². The largest absolute Gasteiger partial charge is 0.266 e. The van der Waals surface area contributed by atoms with Gasteiger partial charge in [0.15, 0.2) is 0 Å². The lowest BCUT2D eigenvalue weighted by molar-refractivity contribution is 0.762. The van der Waals surface area contributed by atoms with Crippen LogP contribution in [0.4, 0.5) is 0 Å². The van der Waals surface area contributed by atoms with Crippen LogP contribution in [-0.4, -0.2) is 14.8 Å². The molecule has 68 valence electrons. The van der Waals surface area contributed by atoms with Gasteiger partial charge in [0.2, 0.25) is 0 Å². The topological polar surface area (TPSA) is 30.7 Å². The van der Waals surface area contributed by atoms with Crippen LogP contribution in [0, 0.1) is 13.8 Å². The van der Waals surface area contributed by atoms with Crippen molar-refractivity contribution in [3.63, 3.8) is 0 Å². The lowest BCUT2D eigenvalue weighted by Gasteiger charge is -1.94. The van der Waals surface area contributed by atoms with Crippen LogP contribution in [0.2, 0.25) is 0 Å². The van der Waals surface area contributed by atoms with E-state index in [4.69, 9.17) is 0 Å². The molecule has 0 fully saturated rings. The number of nitrogens with zero attached hydrogens (tertiary/aromatic N) is 3. The third-order valence-electron chi connectivity index (χ3n) is 1.88. The number of rotatable bonds is 1. The van der Waals surface area contributed by atoms with Crippen LogP contribution in [0.5, 0.6) is 0 Å². The van der Waals surface area contributed by atoms with Crippen molar-refractivity contribution in [2.75, 3.05) is 0 Å². The lowest BCUT2D eigenvalue weighted by Crippen LogP contribution is -1.93. The number of hydrogen-bond donors (Lipinski definition) is 0. The molecule has 0 aliphatic carbocycles. The molecule has 0 unspecified atom stereocenters. The zero-order chi connectivity index (χ0) is 9.42. The maximum absolute atomic E-state index is 4.41. The van der Waals surface area contributed by atoms with Crippen LogP contribution >= 0.6 is 11.3 Å². The van der Waals surface area contributed by atoms with E-state index in [1.54, 1.807) is 11.3 Å². The highest BCUT2D eigenvalue weighted by atomic mass is 32.1. The fourth-order valence-electron chi connectivity index (χ4n) is 1.33. The van der Waals surface area contributed by atoms with Crippen LogP contribution in [0.3, 0.4) is 0 Å². The Balaban J connectivity index is 2.51. The van der Waals surface area contributed by atoms with Gasteiger partial charge >= 0.3 is 0 Å². The Kier molecular flexibility index (Phi) is 1.92. The van der Waals surface area contributed by atoms with E-state index >= 15 is 0 Å². The van der Waals surface area contributed by atoms with Crippen LogP contribution in [0.15, 0.2) is 11.4 Å². The third kappa shape index (κ3) is 1.49. The molecule has 3 nitrogen and oxygen atoms in total. The van der Waals surface area contributed by atoms with Gasteiger partial charge in [-0.2, -0.15) is 5.10 Å². The van der Waals surface area contributed by atoms with Gasteiger partial charge in [0.1, 0.15) is 0 Å². The SMILES string of the molecule is Cc1cc(-c2csc(C)n2)n(C)n1. The van der Waals surface area contributed by atoms with Gasteiger partial charge in [0.25, 0.3) is 0 Å². The van der Waals surface area contributed by atoms with Crippen molar-refractivity contribution < 1.29 is 0 Å². The van der Waals surface area contributed by atoms with E-state index in [9.17, 15) is 0 Å². The Bertz CT molecular complexity index is 428. The van der Waals surface area contributed by atoms with E-state index in [2.05, 4.69) is 21.5 Å². The number of aromatic nitrogens is 3. The summed E-state index contributed by atoms with van der Waals surface area (Å²) >= 11 is 1.66. The second-order valence-electron chi connectivity index (χ2n) is 3.05. The van der Waals surface area contributed by atoms with Gasteiger partial charge in [0, 0.05) is 12.4 Å². The van der Waals surface area contributed by atoms with Gasteiger partial charge in [-0.25, -0.2) is 4.98 Å². The molecule has 4 heteroatoms. The summed E-state index contributed by atoms with van der Waals surface area (Å²) in [4.78, 5) is 4.41. The molecule has 2 rings (SSSR count). The lowest BCUT2D eigenvalue weighted by atomic mass is 10.3. The molecule has 0 saturated heterocycles. The van der Waals surface area contributed by atoms with Crippen LogP contribution in [0.1, 0.15) is 10.7 Å². The molecule has 0 amide bonds. The Hall–Kier alpha value is -1.16. The molecule has 2 heterocycles. The standard InChI is InChI=1S/C9H11N3S/c1-6-4-9(12(3)11-6)8-5-13-7(2)10-8/h4-5H,1-3H3. The summed E-state index contributed by atoms with van der Waals surface area (Å²) < 4.78 is 1.86. The van der Waals surface area contributed by atoms with E-state index in [0.717, 1.165) is 22.1 Å². The second kappa shape index (κ2) is 2.96. The molecular weight excluding hydrogens is 182 g/mol. The molecule has 2 aromatic heterocycles. The Morgan fingerprint density at radius 3 is 2.62 bits per heavy atom. The average molecular weight is 193 g/mol. The minimum Gasteiger partial charge on any atom is -0.266 e. The van der Waals surface area contributed by atoms with Gasteiger partial charge in [-0.3, -0.25) is 4.68 Å². The van der Waals surface area contributed by atoms with E-state index in [0.29, 0.717) is 0 Å². The first kappa shape index (κ1) is 8.44. The molecule has 0 atom stereocenters. The molecule has 0 bridgehead atoms. The molecule has 0 aliphatic rings. The summed E-state index contributed by atoms with van der Waals surface area (Å²) in [5.41, 5.74) is 3.13. The summed E-state index contributed by atoms with van der Waals surface area (Å²) in [6.45, 7) is 4.00. The van der Waals surface area contributed by atoms with Crippen LogP contribution < -0.4 is 0 Å². The normalized spacial score (nSPS) is 10.7. The van der Waals surface area contributed by atoms with E-state index in [1.807, 2.05) is 25.6 Å². The maximum atomic E-state index is 4.41. The van der Waals surface area contributed by atoms with Gasteiger partial charge in [-0.15, -0.1) is 11.3 Å². The van der Waals surface area contributed by atoms with Crippen molar-refractivity contribution in [2.24, 2.45) is 7.05 Å². The van der Waals surface area contributed by atoms with Crippen molar-refractivity contribution in [1.82, 2.24) is 14.8 Å². The van der Waals surface area contributed by atoms with Crippen LogP contribution in [0.25, 0.3) is 11.4 Å². The van der Waals surface area contributed by atoms with Crippen molar-refractivity contribution in [3.8, 4) is 11.4 Å². The summed E-state index contributed by atoms with van der Waals surface area (Å²) in [5, 5.41) is 7.43. The van der Waals surface area contributed by atoms with Gasteiger partial charge in [-0.1, -0.05) is 0 Å². The quantitative estimate of drug-likeness (QED) is 0.695. The molecule has 0 saturated carbocycles. The Morgan fingerprint density at radius 1 is 1.38 bits per heavy atom. The van der Waals surface area contributed by atoms with Gasteiger partial charge in [-0.05, 0) is 19.9 Å². The average Bonchev–Trinajstić information content (AvgIpc) is 2.58.